The highest BCUT2D eigenvalue weighted by molar-refractivity contribution is 7.27. The Morgan fingerprint density at radius 3 is 1.44 bits per heavy atom. The van der Waals surface area contributed by atoms with Crippen LogP contribution in [0.3, 0.4) is 0 Å². The Hall–Kier alpha value is -5.42. The van der Waals surface area contributed by atoms with Gasteiger partial charge in [-0.1, -0.05) is 12.1 Å². The first-order chi connectivity index (χ1) is 23.4. The summed E-state index contributed by atoms with van der Waals surface area (Å²) in [6, 6.07) is 32.9. The minimum Gasteiger partial charge on any atom is -0.310 e. The molecule has 4 heterocycles. The van der Waals surface area contributed by atoms with Gasteiger partial charge in [0.05, 0.1) is 5.57 Å². The molecule has 0 atom stereocenters. The number of anilines is 3. The number of fused-ring (bicyclic) bond motifs is 1. The molecule has 0 amide bonds. The first-order valence-electron chi connectivity index (χ1n) is 14.8. The van der Waals surface area contributed by atoms with Gasteiger partial charge >= 0.3 is 0 Å². The Kier molecular flexibility index (Phi) is 7.68. The molecule has 0 saturated heterocycles. The van der Waals surface area contributed by atoms with Gasteiger partial charge < -0.3 is 4.90 Å². The average Bonchev–Trinajstić information content (AvgIpc) is 3.93. The van der Waals surface area contributed by atoms with Gasteiger partial charge in [-0.05, 0) is 109 Å². The molecule has 3 aromatic carbocycles. The summed E-state index contributed by atoms with van der Waals surface area (Å²) in [5.74, 6) is -1.43. The highest BCUT2D eigenvalue weighted by Gasteiger charge is 2.35. The summed E-state index contributed by atoms with van der Waals surface area (Å²) < 4.78 is 27.4. The van der Waals surface area contributed by atoms with Crippen LogP contribution in [-0.2, 0) is 0 Å². The van der Waals surface area contributed by atoms with Crippen LogP contribution in [0.4, 0.5) is 25.8 Å². The minimum absolute atomic E-state index is 0.0919. The lowest BCUT2D eigenvalue weighted by molar-refractivity contribution is 0.0988. The second-order valence-corrected chi connectivity index (χ2v) is 14.1. The van der Waals surface area contributed by atoms with Gasteiger partial charge in [-0.2, -0.15) is 0 Å². The molecule has 10 heteroatoms. The molecule has 7 aromatic rings. The Labute approximate surface area is 285 Å². The Bertz CT molecular complexity index is 2270. The average molecular weight is 686 g/mol. The molecule has 0 radical (unpaired) electrons. The third kappa shape index (κ3) is 5.60. The van der Waals surface area contributed by atoms with Gasteiger partial charge in [0, 0.05) is 58.7 Å². The van der Waals surface area contributed by atoms with Gasteiger partial charge in [-0.3, -0.25) is 9.59 Å². The van der Waals surface area contributed by atoms with Gasteiger partial charge in [0.25, 0.3) is 0 Å². The first-order valence-corrected chi connectivity index (χ1v) is 17.2. The maximum absolute atomic E-state index is 13.7. The van der Waals surface area contributed by atoms with E-state index in [9.17, 15) is 18.4 Å². The summed E-state index contributed by atoms with van der Waals surface area (Å²) in [5.41, 5.74) is 3.75. The van der Waals surface area contributed by atoms with Gasteiger partial charge in [-0.25, -0.2) is 18.7 Å². The molecule has 0 N–H and O–H groups in total. The second kappa shape index (κ2) is 12.3. The van der Waals surface area contributed by atoms with E-state index in [2.05, 4.69) is 46.4 Å². The maximum Gasteiger partial charge on any atom is 0.217 e. The van der Waals surface area contributed by atoms with Crippen molar-refractivity contribution in [3.05, 3.63) is 155 Å². The fraction of sp³-hybridized carbons (Fsp3) is 0. The van der Waals surface area contributed by atoms with E-state index in [1.165, 1.54) is 48.0 Å². The molecule has 0 aliphatic heterocycles. The standard InChI is InChI=1S/C38H21F2N3O2S3/c39-23-3-9-26(10-4-23)43(27-11-5-24(40)6-12-27)25-7-1-22(2-8-25)30-15-16-33(47-30)34-18-17-32(48-34)31-14-13-28(46-31)21-29-37(44)35-36(38(29)45)42-20-19-41-35/h1-21H. The van der Waals surface area contributed by atoms with Crippen LogP contribution >= 0.6 is 34.0 Å². The number of nitrogens with zero attached hydrogens (tertiary/aromatic N) is 3. The highest BCUT2D eigenvalue weighted by Crippen LogP contribution is 2.43. The van der Waals surface area contributed by atoms with E-state index < -0.39 is 11.6 Å². The van der Waals surface area contributed by atoms with Crippen LogP contribution in [0.2, 0.25) is 0 Å². The molecule has 0 spiro atoms. The van der Waals surface area contributed by atoms with Crippen LogP contribution in [0.15, 0.2) is 127 Å². The van der Waals surface area contributed by atoms with Gasteiger partial charge in [0.2, 0.25) is 11.6 Å². The fourth-order valence-corrected chi connectivity index (χ4v) is 8.64. The van der Waals surface area contributed by atoms with Crippen molar-refractivity contribution in [2.24, 2.45) is 0 Å². The number of hydrogen-bond donors (Lipinski definition) is 0. The zero-order valence-electron chi connectivity index (χ0n) is 24.8. The number of allylic oxidation sites excluding steroid dienone is 1. The molecule has 0 bridgehead atoms. The SMILES string of the molecule is O=C1C(=Cc2ccc(-c3ccc(-c4ccc(-c5ccc(N(c6ccc(F)cc6)c6ccc(F)cc6)cc5)s4)s3)s2)C(=O)c2nccnc21. The van der Waals surface area contributed by atoms with Crippen LogP contribution < -0.4 is 4.90 Å². The predicted octanol–water partition coefficient (Wildman–Crippen LogP) is 10.9. The van der Waals surface area contributed by atoms with E-state index in [1.807, 2.05) is 29.2 Å². The molecule has 8 rings (SSSR count). The van der Waals surface area contributed by atoms with E-state index in [4.69, 9.17) is 0 Å². The van der Waals surface area contributed by atoms with E-state index in [-0.39, 0.29) is 28.6 Å². The van der Waals surface area contributed by atoms with Crippen LogP contribution in [0, 0.1) is 11.6 Å². The molecule has 0 unspecified atom stereocenters. The lowest BCUT2D eigenvalue weighted by Crippen LogP contribution is -2.09. The predicted molar refractivity (Wildman–Crippen MR) is 190 cm³/mol. The van der Waals surface area contributed by atoms with Crippen molar-refractivity contribution in [3.8, 4) is 29.9 Å². The minimum atomic E-state index is -0.391. The van der Waals surface area contributed by atoms with Crippen LogP contribution in [0.1, 0.15) is 25.9 Å². The molecular weight excluding hydrogens is 665 g/mol. The summed E-state index contributed by atoms with van der Waals surface area (Å²) in [4.78, 5) is 41.8. The number of carbonyl (C=O) groups is 2. The van der Waals surface area contributed by atoms with Gasteiger partial charge in [0.1, 0.15) is 23.0 Å². The van der Waals surface area contributed by atoms with Crippen molar-refractivity contribution in [2.45, 2.75) is 0 Å². The molecule has 4 aromatic heterocycles. The fourth-order valence-electron chi connectivity index (χ4n) is 5.50. The van der Waals surface area contributed by atoms with E-state index in [1.54, 1.807) is 53.0 Å². The first kappa shape index (κ1) is 29.9. The number of rotatable bonds is 7. The summed E-state index contributed by atoms with van der Waals surface area (Å²) in [6.45, 7) is 0. The van der Waals surface area contributed by atoms with Crippen molar-refractivity contribution in [1.29, 1.82) is 0 Å². The zero-order valence-corrected chi connectivity index (χ0v) is 27.2. The number of benzene rings is 3. The molecule has 48 heavy (non-hydrogen) atoms. The molecular formula is C38H21F2N3O2S3. The second-order valence-electron chi connectivity index (χ2n) is 10.8. The number of aromatic nitrogens is 2. The van der Waals surface area contributed by atoms with E-state index in [0.717, 1.165) is 51.9 Å². The van der Waals surface area contributed by atoms with E-state index >= 15 is 0 Å². The molecule has 5 nitrogen and oxygen atoms in total. The lowest BCUT2D eigenvalue weighted by Gasteiger charge is -2.25. The molecule has 232 valence electrons. The zero-order chi connectivity index (χ0) is 32.8. The number of halogens is 2. The maximum atomic E-state index is 13.7. The normalized spacial score (nSPS) is 12.4. The van der Waals surface area contributed by atoms with Crippen LogP contribution in [0.5, 0.6) is 0 Å². The number of thiophene rings is 3. The van der Waals surface area contributed by atoms with Crippen molar-refractivity contribution in [3.63, 3.8) is 0 Å². The highest BCUT2D eigenvalue weighted by atomic mass is 32.1. The number of Topliss-reactive ketones (excluding diaryl/α,β-unsaturated/α-hetero) is 2. The third-order valence-corrected chi connectivity index (χ3v) is 11.5. The van der Waals surface area contributed by atoms with Crippen LogP contribution in [0.25, 0.3) is 36.0 Å². The monoisotopic (exact) mass is 685 g/mol. The number of hydrogen-bond acceptors (Lipinski definition) is 8. The largest absolute Gasteiger partial charge is 0.310 e. The van der Waals surface area contributed by atoms with Gasteiger partial charge in [0.15, 0.2) is 0 Å². The van der Waals surface area contributed by atoms with Gasteiger partial charge in [-0.15, -0.1) is 34.0 Å². The molecule has 1 aliphatic rings. The molecule has 0 fully saturated rings. The summed E-state index contributed by atoms with van der Waals surface area (Å²) >= 11 is 4.90. The third-order valence-electron chi connectivity index (χ3n) is 7.81. The Morgan fingerprint density at radius 2 is 0.917 bits per heavy atom. The summed E-state index contributed by atoms with van der Waals surface area (Å²) in [5, 5.41) is 0. The topological polar surface area (TPSA) is 63.2 Å². The summed E-state index contributed by atoms with van der Waals surface area (Å²) in [6.07, 6.45) is 4.46. The van der Waals surface area contributed by atoms with Crippen molar-refractivity contribution in [2.75, 3.05) is 4.90 Å². The summed E-state index contributed by atoms with van der Waals surface area (Å²) in [7, 11) is 0. The van der Waals surface area contributed by atoms with E-state index in [0.29, 0.717) is 0 Å². The Morgan fingerprint density at radius 1 is 0.500 bits per heavy atom. The van der Waals surface area contributed by atoms with Crippen molar-refractivity contribution >= 4 is 68.7 Å². The number of ketones is 2. The van der Waals surface area contributed by atoms with Crippen LogP contribution in [-0.4, -0.2) is 21.5 Å². The smallest absolute Gasteiger partial charge is 0.217 e. The Balaban J connectivity index is 1.01. The molecule has 1 aliphatic carbocycles. The number of carbonyl (C=O) groups excluding carboxylic acids is 2. The van der Waals surface area contributed by atoms with Crippen molar-refractivity contribution < 1.29 is 18.4 Å². The molecule has 0 saturated carbocycles. The quantitative estimate of drug-likeness (QED) is 0.123. The van der Waals surface area contributed by atoms with Crippen molar-refractivity contribution in [1.82, 2.24) is 9.97 Å². The lowest BCUT2D eigenvalue weighted by atomic mass is 10.1.